The third-order valence-corrected chi connectivity index (χ3v) is 2.25. The molecular formula is C12H17NO3. The zero-order valence-electron chi connectivity index (χ0n) is 9.78. The molecule has 4 heteroatoms. The van der Waals surface area contributed by atoms with Crippen LogP contribution < -0.4 is 10.1 Å². The molecule has 2 N–H and O–H groups in total. The van der Waals surface area contributed by atoms with Crippen molar-refractivity contribution in [3.63, 3.8) is 0 Å². The second-order valence-electron chi connectivity index (χ2n) is 3.68. The molecule has 1 rings (SSSR count). The number of carbonyl (C=O) groups is 1. The molecule has 0 aliphatic heterocycles. The van der Waals surface area contributed by atoms with Crippen molar-refractivity contribution >= 4 is 5.91 Å². The maximum absolute atomic E-state index is 11.0. The smallest absolute Gasteiger partial charge is 0.257 e. The van der Waals surface area contributed by atoms with Crippen LogP contribution in [-0.4, -0.2) is 24.7 Å². The molecule has 0 saturated heterocycles. The molecule has 4 nitrogen and oxygen atoms in total. The number of aliphatic hydroxyl groups is 1. The van der Waals surface area contributed by atoms with Gasteiger partial charge in [0, 0.05) is 12.6 Å². The van der Waals surface area contributed by atoms with Gasteiger partial charge >= 0.3 is 0 Å². The largest absolute Gasteiger partial charge is 0.483 e. The van der Waals surface area contributed by atoms with Crippen LogP contribution in [0.15, 0.2) is 18.2 Å². The Morgan fingerprint density at radius 3 is 2.81 bits per heavy atom. The van der Waals surface area contributed by atoms with E-state index in [9.17, 15) is 9.90 Å². The van der Waals surface area contributed by atoms with Crippen molar-refractivity contribution in [1.29, 1.82) is 0 Å². The van der Waals surface area contributed by atoms with Crippen LogP contribution in [0, 0.1) is 6.92 Å². The number of carbonyl (C=O) groups excluding carboxylic acids is 1. The predicted molar refractivity (Wildman–Crippen MR) is 61.4 cm³/mol. The third kappa shape index (κ3) is 3.24. The molecule has 0 radical (unpaired) electrons. The normalized spacial score (nSPS) is 12.0. The number of ether oxygens (including phenoxy) is 1. The number of amides is 1. The number of nitrogens with one attached hydrogen (secondary N) is 1. The first-order chi connectivity index (χ1) is 7.54. The first-order valence-electron chi connectivity index (χ1n) is 5.16. The van der Waals surface area contributed by atoms with Gasteiger partial charge in [-0.25, -0.2) is 0 Å². The highest BCUT2D eigenvalue weighted by Gasteiger charge is 2.10. The van der Waals surface area contributed by atoms with Crippen LogP contribution in [0.5, 0.6) is 5.75 Å². The fourth-order valence-corrected chi connectivity index (χ4v) is 1.34. The molecule has 1 aromatic rings. The molecule has 1 amide bonds. The van der Waals surface area contributed by atoms with Crippen molar-refractivity contribution in [3.05, 3.63) is 29.3 Å². The standard InChI is InChI=1S/C12H17NO3/c1-8-4-5-11(10(6-8)9(2)14)16-7-12(15)13-3/h4-6,9,14H,7H2,1-3H3,(H,13,15)/t9-/m1/s1. The van der Waals surface area contributed by atoms with Gasteiger partial charge in [-0.3, -0.25) is 4.79 Å². The van der Waals surface area contributed by atoms with Crippen LogP contribution in [0.3, 0.4) is 0 Å². The van der Waals surface area contributed by atoms with E-state index < -0.39 is 6.10 Å². The Morgan fingerprint density at radius 1 is 1.56 bits per heavy atom. The third-order valence-electron chi connectivity index (χ3n) is 2.25. The van der Waals surface area contributed by atoms with Crippen molar-refractivity contribution in [2.45, 2.75) is 20.0 Å². The highest BCUT2D eigenvalue weighted by Crippen LogP contribution is 2.26. The molecule has 0 saturated carbocycles. The first kappa shape index (κ1) is 12.5. The molecule has 0 unspecified atom stereocenters. The zero-order valence-corrected chi connectivity index (χ0v) is 9.78. The van der Waals surface area contributed by atoms with Crippen LogP contribution in [0.25, 0.3) is 0 Å². The van der Waals surface area contributed by atoms with Crippen molar-refractivity contribution in [2.75, 3.05) is 13.7 Å². The van der Waals surface area contributed by atoms with Crippen molar-refractivity contribution in [3.8, 4) is 5.75 Å². The van der Waals surface area contributed by atoms with E-state index in [1.54, 1.807) is 20.0 Å². The van der Waals surface area contributed by atoms with E-state index in [0.29, 0.717) is 11.3 Å². The fraction of sp³-hybridized carbons (Fsp3) is 0.417. The number of rotatable bonds is 4. The minimum absolute atomic E-state index is 0.0424. The van der Waals surface area contributed by atoms with Crippen LogP contribution in [-0.2, 0) is 4.79 Å². The van der Waals surface area contributed by atoms with Crippen LogP contribution in [0.1, 0.15) is 24.2 Å². The quantitative estimate of drug-likeness (QED) is 0.805. The summed E-state index contributed by atoms with van der Waals surface area (Å²) in [5, 5.41) is 12.0. The van der Waals surface area contributed by atoms with Gasteiger partial charge in [0.25, 0.3) is 5.91 Å². The highest BCUT2D eigenvalue weighted by atomic mass is 16.5. The number of aryl methyl sites for hydroxylation is 1. The maximum Gasteiger partial charge on any atom is 0.257 e. The topological polar surface area (TPSA) is 58.6 Å². The monoisotopic (exact) mass is 223 g/mol. The summed E-state index contributed by atoms with van der Waals surface area (Å²) in [5.41, 5.74) is 1.74. The minimum atomic E-state index is -0.611. The van der Waals surface area contributed by atoms with Gasteiger partial charge in [0.05, 0.1) is 6.10 Å². The average molecular weight is 223 g/mol. The van der Waals surface area contributed by atoms with E-state index >= 15 is 0 Å². The van der Waals surface area contributed by atoms with E-state index in [2.05, 4.69) is 5.32 Å². The lowest BCUT2D eigenvalue weighted by atomic mass is 10.1. The van der Waals surface area contributed by atoms with Crippen LogP contribution in [0.2, 0.25) is 0 Å². The predicted octanol–water partition coefficient (Wildman–Crippen LogP) is 1.17. The second kappa shape index (κ2) is 5.51. The molecular weight excluding hydrogens is 206 g/mol. The Bertz CT molecular complexity index is 375. The van der Waals surface area contributed by atoms with Gasteiger partial charge in [-0.05, 0) is 26.0 Å². The van der Waals surface area contributed by atoms with Crippen molar-refractivity contribution in [1.82, 2.24) is 5.32 Å². The second-order valence-corrected chi connectivity index (χ2v) is 3.68. The molecule has 88 valence electrons. The summed E-state index contributed by atoms with van der Waals surface area (Å²) in [5.74, 6) is 0.348. The summed E-state index contributed by atoms with van der Waals surface area (Å²) in [6, 6.07) is 5.50. The molecule has 1 aromatic carbocycles. The number of hydrogen-bond donors (Lipinski definition) is 2. The van der Waals surface area contributed by atoms with Gasteiger partial charge in [-0.1, -0.05) is 11.6 Å². The molecule has 16 heavy (non-hydrogen) atoms. The SMILES string of the molecule is CNC(=O)COc1ccc(C)cc1[C@@H](C)O. The molecule has 0 spiro atoms. The summed E-state index contributed by atoms with van der Waals surface area (Å²) in [7, 11) is 1.55. The molecule has 0 aliphatic rings. The van der Waals surface area contributed by atoms with Gasteiger partial charge < -0.3 is 15.2 Å². The molecule has 0 fully saturated rings. The fourth-order valence-electron chi connectivity index (χ4n) is 1.34. The molecule has 1 atom stereocenters. The number of aliphatic hydroxyl groups excluding tert-OH is 1. The number of hydrogen-bond acceptors (Lipinski definition) is 3. The summed E-state index contributed by atoms with van der Waals surface area (Å²) >= 11 is 0. The van der Waals surface area contributed by atoms with E-state index in [0.717, 1.165) is 5.56 Å². The van der Waals surface area contributed by atoms with Gasteiger partial charge in [0.1, 0.15) is 5.75 Å². The maximum atomic E-state index is 11.0. The summed E-state index contributed by atoms with van der Waals surface area (Å²) < 4.78 is 5.33. The number of benzene rings is 1. The summed E-state index contributed by atoms with van der Waals surface area (Å²) in [4.78, 5) is 11.0. The van der Waals surface area contributed by atoms with Crippen LogP contribution in [0.4, 0.5) is 0 Å². The molecule has 0 bridgehead atoms. The lowest BCUT2D eigenvalue weighted by Gasteiger charge is -2.13. The summed E-state index contributed by atoms with van der Waals surface area (Å²) in [6.07, 6.45) is -0.611. The Labute approximate surface area is 95.2 Å². The van der Waals surface area contributed by atoms with Gasteiger partial charge in [0.2, 0.25) is 0 Å². The average Bonchev–Trinajstić information content (AvgIpc) is 2.26. The van der Waals surface area contributed by atoms with Gasteiger partial charge in [-0.2, -0.15) is 0 Å². The Balaban J connectivity index is 2.82. The highest BCUT2D eigenvalue weighted by molar-refractivity contribution is 5.77. The van der Waals surface area contributed by atoms with E-state index in [1.165, 1.54) is 0 Å². The van der Waals surface area contributed by atoms with E-state index in [-0.39, 0.29) is 12.5 Å². The van der Waals surface area contributed by atoms with E-state index in [4.69, 9.17) is 4.74 Å². The number of likely N-dealkylation sites (N-methyl/N-ethyl adjacent to an activating group) is 1. The Hall–Kier alpha value is -1.55. The van der Waals surface area contributed by atoms with Crippen molar-refractivity contribution < 1.29 is 14.6 Å². The zero-order chi connectivity index (χ0) is 12.1. The molecule has 0 aliphatic carbocycles. The van der Waals surface area contributed by atoms with E-state index in [1.807, 2.05) is 19.1 Å². The van der Waals surface area contributed by atoms with Crippen LogP contribution >= 0.6 is 0 Å². The Morgan fingerprint density at radius 2 is 2.25 bits per heavy atom. The molecule has 0 heterocycles. The van der Waals surface area contributed by atoms with Gasteiger partial charge in [-0.15, -0.1) is 0 Å². The minimum Gasteiger partial charge on any atom is -0.483 e. The van der Waals surface area contributed by atoms with Gasteiger partial charge in [0.15, 0.2) is 6.61 Å². The van der Waals surface area contributed by atoms with Crippen molar-refractivity contribution in [2.24, 2.45) is 0 Å². The lowest BCUT2D eigenvalue weighted by Crippen LogP contribution is -2.25. The lowest BCUT2D eigenvalue weighted by molar-refractivity contribution is -0.122. The Kier molecular flexibility index (Phi) is 4.31. The molecule has 0 aromatic heterocycles. The first-order valence-corrected chi connectivity index (χ1v) is 5.16. The summed E-state index contributed by atoms with van der Waals surface area (Å²) in [6.45, 7) is 3.56.